The van der Waals surface area contributed by atoms with Gasteiger partial charge in [-0.2, -0.15) is 5.10 Å². The number of hydrogen-bond acceptors (Lipinski definition) is 3. The van der Waals surface area contributed by atoms with E-state index in [1.54, 1.807) is 12.1 Å². The van der Waals surface area contributed by atoms with E-state index in [-0.39, 0.29) is 11.8 Å². The second-order valence-electron chi connectivity index (χ2n) is 5.61. The smallest absolute Gasteiger partial charge is 0.319 e. The Bertz CT molecular complexity index is 843. The second-order valence-corrected chi connectivity index (χ2v) is 5.61. The number of urea groups is 1. The van der Waals surface area contributed by atoms with E-state index in [1.165, 1.54) is 12.1 Å². The minimum Gasteiger partial charge on any atom is -0.337 e. The Morgan fingerprint density at radius 1 is 1.12 bits per heavy atom. The van der Waals surface area contributed by atoms with Crippen LogP contribution in [0.3, 0.4) is 0 Å². The molecule has 0 spiro atoms. The second kappa shape index (κ2) is 7.57. The summed E-state index contributed by atoms with van der Waals surface area (Å²) < 4.78 is 12.9. The van der Waals surface area contributed by atoms with E-state index >= 15 is 0 Å². The number of halogens is 1. The van der Waals surface area contributed by atoms with E-state index in [2.05, 4.69) is 25.8 Å². The van der Waals surface area contributed by atoms with Gasteiger partial charge in [0.25, 0.3) is 0 Å². The summed E-state index contributed by atoms with van der Waals surface area (Å²) in [5.41, 5.74) is 2.60. The minimum atomic E-state index is -0.303. The summed E-state index contributed by atoms with van der Waals surface area (Å²) in [6, 6.07) is 13.3. The summed E-state index contributed by atoms with van der Waals surface area (Å²) in [7, 11) is 0. The molecule has 0 saturated carbocycles. The Morgan fingerprint density at radius 2 is 1.84 bits per heavy atom. The Hall–Kier alpha value is -3.22. The first-order chi connectivity index (χ1) is 12.1. The molecule has 0 aliphatic carbocycles. The number of aromatic amines is 1. The van der Waals surface area contributed by atoms with Gasteiger partial charge in [-0.3, -0.25) is 5.10 Å². The number of aryl methyl sites for hydroxylation is 1. The van der Waals surface area contributed by atoms with Gasteiger partial charge in [-0.25, -0.2) is 14.2 Å². The van der Waals surface area contributed by atoms with E-state index in [4.69, 9.17) is 0 Å². The number of rotatable bonds is 5. The fourth-order valence-electron chi connectivity index (χ4n) is 2.24. The van der Waals surface area contributed by atoms with Crippen LogP contribution in [0, 0.1) is 12.7 Å². The van der Waals surface area contributed by atoms with Crippen molar-refractivity contribution in [3.8, 4) is 11.4 Å². The molecule has 0 aliphatic rings. The van der Waals surface area contributed by atoms with Crippen LogP contribution in [-0.4, -0.2) is 27.8 Å². The third-order valence-corrected chi connectivity index (χ3v) is 3.59. The van der Waals surface area contributed by atoms with Crippen molar-refractivity contribution in [1.29, 1.82) is 0 Å². The normalized spacial score (nSPS) is 10.5. The molecule has 0 saturated heterocycles. The number of benzene rings is 2. The number of nitrogens with one attached hydrogen (secondary N) is 3. The molecule has 25 heavy (non-hydrogen) atoms. The van der Waals surface area contributed by atoms with Crippen LogP contribution in [0.5, 0.6) is 0 Å². The molecule has 3 aromatic rings. The van der Waals surface area contributed by atoms with Gasteiger partial charge in [-0.1, -0.05) is 17.7 Å². The summed E-state index contributed by atoms with van der Waals surface area (Å²) in [6.45, 7) is 2.40. The standard InChI is InChI=1S/C18H18FN5O/c1-12-2-8-15(9-3-12)21-18(25)20-11-10-16-22-17(24-23-16)13-4-6-14(19)7-5-13/h2-9H,10-11H2,1H3,(H2,20,21,25)(H,22,23,24). The first-order valence-corrected chi connectivity index (χ1v) is 7.89. The van der Waals surface area contributed by atoms with Gasteiger partial charge in [0.05, 0.1) is 0 Å². The third kappa shape index (κ3) is 4.63. The Kier molecular flexibility index (Phi) is 5.03. The molecule has 0 radical (unpaired) electrons. The maximum Gasteiger partial charge on any atom is 0.319 e. The Balaban J connectivity index is 1.48. The minimum absolute atomic E-state index is 0.276. The summed E-state index contributed by atoms with van der Waals surface area (Å²) >= 11 is 0. The highest BCUT2D eigenvalue weighted by atomic mass is 19.1. The summed E-state index contributed by atoms with van der Waals surface area (Å²) in [5.74, 6) is 0.845. The molecule has 0 bridgehead atoms. The van der Waals surface area contributed by atoms with Crippen LogP contribution >= 0.6 is 0 Å². The van der Waals surface area contributed by atoms with Crippen molar-refractivity contribution in [1.82, 2.24) is 20.5 Å². The van der Waals surface area contributed by atoms with Crippen molar-refractivity contribution in [3.63, 3.8) is 0 Å². The van der Waals surface area contributed by atoms with Crippen molar-refractivity contribution in [3.05, 3.63) is 65.7 Å². The lowest BCUT2D eigenvalue weighted by Crippen LogP contribution is -2.30. The van der Waals surface area contributed by atoms with E-state index < -0.39 is 0 Å². The van der Waals surface area contributed by atoms with Gasteiger partial charge in [0.15, 0.2) is 5.82 Å². The van der Waals surface area contributed by atoms with Crippen LogP contribution in [0.1, 0.15) is 11.4 Å². The van der Waals surface area contributed by atoms with Gasteiger partial charge < -0.3 is 10.6 Å². The van der Waals surface area contributed by atoms with Crippen molar-refractivity contribution < 1.29 is 9.18 Å². The lowest BCUT2D eigenvalue weighted by Gasteiger charge is -2.07. The molecular weight excluding hydrogens is 321 g/mol. The van der Waals surface area contributed by atoms with Gasteiger partial charge in [-0.15, -0.1) is 0 Å². The molecule has 0 atom stereocenters. The predicted molar refractivity (Wildman–Crippen MR) is 93.7 cm³/mol. The van der Waals surface area contributed by atoms with Crippen LogP contribution in [-0.2, 0) is 6.42 Å². The molecule has 2 aromatic carbocycles. The van der Waals surface area contributed by atoms with Gasteiger partial charge in [-0.05, 0) is 43.3 Å². The number of hydrogen-bond donors (Lipinski definition) is 3. The highest BCUT2D eigenvalue weighted by molar-refractivity contribution is 5.89. The fraction of sp³-hybridized carbons (Fsp3) is 0.167. The molecular formula is C18H18FN5O. The molecule has 128 valence electrons. The molecule has 3 N–H and O–H groups in total. The fourth-order valence-corrected chi connectivity index (χ4v) is 2.24. The largest absolute Gasteiger partial charge is 0.337 e. The Labute approximate surface area is 144 Å². The average molecular weight is 339 g/mol. The number of nitrogens with zero attached hydrogens (tertiary/aromatic N) is 2. The topological polar surface area (TPSA) is 82.7 Å². The highest BCUT2D eigenvalue weighted by Gasteiger charge is 2.07. The molecule has 0 aliphatic heterocycles. The quantitative estimate of drug-likeness (QED) is 0.667. The van der Waals surface area contributed by atoms with Crippen molar-refractivity contribution in [2.24, 2.45) is 0 Å². The van der Waals surface area contributed by atoms with Crippen LogP contribution in [0.25, 0.3) is 11.4 Å². The lowest BCUT2D eigenvalue weighted by atomic mass is 10.2. The number of amides is 2. The SMILES string of the molecule is Cc1ccc(NC(=O)NCCc2nc(-c3ccc(F)cc3)n[nH]2)cc1. The summed E-state index contributed by atoms with van der Waals surface area (Å²) in [6.07, 6.45) is 0.509. The van der Waals surface area contributed by atoms with E-state index in [0.717, 1.165) is 16.8 Å². The molecule has 0 unspecified atom stereocenters. The van der Waals surface area contributed by atoms with Gasteiger partial charge in [0.2, 0.25) is 0 Å². The molecule has 1 heterocycles. The molecule has 1 aromatic heterocycles. The lowest BCUT2D eigenvalue weighted by molar-refractivity contribution is 0.252. The number of aromatic nitrogens is 3. The number of carbonyl (C=O) groups is 1. The summed E-state index contributed by atoms with van der Waals surface area (Å²) in [4.78, 5) is 16.2. The molecule has 2 amide bonds. The molecule has 3 rings (SSSR count). The zero-order valence-corrected chi connectivity index (χ0v) is 13.7. The maximum atomic E-state index is 12.9. The van der Waals surface area contributed by atoms with E-state index in [9.17, 15) is 9.18 Å². The summed E-state index contributed by atoms with van der Waals surface area (Å²) in [5, 5.41) is 12.4. The molecule has 7 heteroatoms. The first kappa shape index (κ1) is 16.6. The number of carbonyl (C=O) groups excluding carboxylic acids is 1. The average Bonchev–Trinajstić information content (AvgIpc) is 3.06. The van der Waals surface area contributed by atoms with Gasteiger partial charge in [0.1, 0.15) is 11.6 Å². The van der Waals surface area contributed by atoms with Crippen molar-refractivity contribution in [2.45, 2.75) is 13.3 Å². The van der Waals surface area contributed by atoms with Crippen LogP contribution in [0.15, 0.2) is 48.5 Å². The third-order valence-electron chi connectivity index (χ3n) is 3.59. The predicted octanol–water partition coefficient (Wildman–Crippen LogP) is 3.28. The van der Waals surface area contributed by atoms with Gasteiger partial charge in [0, 0.05) is 24.2 Å². The van der Waals surface area contributed by atoms with Gasteiger partial charge >= 0.3 is 6.03 Å². The highest BCUT2D eigenvalue weighted by Crippen LogP contribution is 2.14. The number of H-pyrrole nitrogens is 1. The van der Waals surface area contributed by atoms with E-state index in [0.29, 0.717) is 24.6 Å². The van der Waals surface area contributed by atoms with Crippen molar-refractivity contribution >= 4 is 11.7 Å². The maximum absolute atomic E-state index is 12.9. The van der Waals surface area contributed by atoms with Crippen LogP contribution in [0.4, 0.5) is 14.9 Å². The monoisotopic (exact) mass is 339 g/mol. The van der Waals surface area contributed by atoms with Crippen LogP contribution < -0.4 is 10.6 Å². The zero-order valence-electron chi connectivity index (χ0n) is 13.7. The van der Waals surface area contributed by atoms with Crippen LogP contribution in [0.2, 0.25) is 0 Å². The van der Waals surface area contributed by atoms with Crippen molar-refractivity contribution in [2.75, 3.05) is 11.9 Å². The Morgan fingerprint density at radius 3 is 2.56 bits per heavy atom. The number of anilines is 1. The zero-order chi connectivity index (χ0) is 17.6. The molecule has 0 fully saturated rings. The first-order valence-electron chi connectivity index (χ1n) is 7.89. The molecule has 6 nitrogen and oxygen atoms in total. The van der Waals surface area contributed by atoms with E-state index in [1.807, 2.05) is 31.2 Å².